The fourth-order valence-corrected chi connectivity index (χ4v) is 1.86. The first-order chi connectivity index (χ1) is 9.54. The van der Waals surface area contributed by atoms with Crippen LogP contribution in [0.2, 0.25) is 5.02 Å². The second-order valence-electron chi connectivity index (χ2n) is 4.09. The molecule has 5 nitrogen and oxygen atoms in total. The first-order valence-electron chi connectivity index (χ1n) is 5.78. The maximum atomic E-state index is 11.8. The van der Waals surface area contributed by atoms with Gasteiger partial charge in [-0.2, -0.15) is 0 Å². The van der Waals surface area contributed by atoms with Crippen LogP contribution in [-0.4, -0.2) is 22.0 Å². The SMILES string of the molecule is O=C(Cc1cccc(Cl)c1)Nc1cc(C(=O)O)ccn1. The predicted molar refractivity (Wildman–Crippen MR) is 75.0 cm³/mol. The summed E-state index contributed by atoms with van der Waals surface area (Å²) in [6, 6.07) is 9.62. The number of carbonyl (C=O) groups excluding carboxylic acids is 1. The van der Waals surface area contributed by atoms with E-state index in [9.17, 15) is 9.59 Å². The maximum absolute atomic E-state index is 11.8. The molecule has 0 spiro atoms. The number of rotatable bonds is 4. The third-order valence-corrected chi connectivity index (χ3v) is 2.76. The van der Waals surface area contributed by atoms with Crippen LogP contribution < -0.4 is 5.32 Å². The van der Waals surface area contributed by atoms with E-state index >= 15 is 0 Å². The number of nitrogens with one attached hydrogen (secondary N) is 1. The number of halogens is 1. The molecule has 0 aliphatic carbocycles. The maximum Gasteiger partial charge on any atom is 0.335 e. The molecule has 0 unspecified atom stereocenters. The van der Waals surface area contributed by atoms with E-state index in [-0.39, 0.29) is 23.7 Å². The zero-order valence-corrected chi connectivity index (χ0v) is 11.1. The molecule has 2 N–H and O–H groups in total. The zero-order valence-electron chi connectivity index (χ0n) is 10.3. The monoisotopic (exact) mass is 290 g/mol. The highest BCUT2D eigenvalue weighted by atomic mass is 35.5. The summed E-state index contributed by atoms with van der Waals surface area (Å²) in [4.78, 5) is 26.5. The van der Waals surface area contributed by atoms with Crippen molar-refractivity contribution in [2.75, 3.05) is 5.32 Å². The van der Waals surface area contributed by atoms with E-state index in [0.29, 0.717) is 5.02 Å². The average Bonchev–Trinajstić information content (AvgIpc) is 2.38. The van der Waals surface area contributed by atoms with Gasteiger partial charge in [-0.3, -0.25) is 4.79 Å². The van der Waals surface area contributed by atoms with Crippen molar-refractivity contribution >= 4 is 29.3 Å². The van der Waals surface area contributed by atoms with E-state index < -0.39 is 5.97 Å². The van der Waals surface area contributed by atoms with Gasteiger partial charge in [0.2, 0.25) is 5.91 Å². The number of nitrogens with zero attached hydrogens (tertiary/aromatic N) is 1. The quantitative estimate of drug-likeness (QED) is 0.907. The number of anilines is 1. The highest BCUT2D eigenvalue weighted by Crippen LogP contribution is 2.12. The highest BCUT2D eigenvalue weighted by molar-refractivity contribution is 6.30. The van der Waals surface area contributed by atoms with E-state index in [4.69, 9.17) is 16.7 Å². The Hall–Kier alpha value is -2.40. The number of aromatic nitrogens is 1. The molecule has 2 rings (SSSR count). The number of hydrogen-bond donors (Lipinski definition) is 2. The van der Waals surface area contributed by atoms with Crippen LogP contribution in [0.1, 0.15) is 15.9 Å². The van der Waals surface area contributed by atoms with Crippen LogP contribution in [0.4, 0.5) is 5.82 Å². The number of amides is 1. The summed E-state index contributed by atoms with van der Waals surface area (Å²) < 4.78 is 0. The molecule has 0 saturated heterocycles. The summed E-state index contributed by atoms with van der Waals surface area (Å²) in [5, 5.41) is 12.0. The van der Waals surface area contributed by atoms with Gasteiger partial charge in [-0.05, 0) is 29.8 Å². The van der Waals surface area contributed by atoms with Gasteiger partial charge < -0.3 is 10.4 Å². The van der Waals surface area contributed by atoms with Gasteiger partial charge in [0, 0.05) is 11.2 Å². The number of benzene rings is 1. The smallest absolute Gasteiger partial charge is 0.335 e. The third-order valence-electron chi connectivity index (χ3n) is 2.53. The van der Waals surface area contributed by atoms with Gasteiger partial charge in [0.1, 0.15) is 5.82 Å². The third kappa shape index (κ3) is 3.80. The van der Waals surface area contributed by atoms with Crippen LogP contribution in [0.5, 0.6) is 0 Å². The Morgan fingerprint density at radius 2 is 2.05 bits per heavy atom. The van der Waals surface area contributed by atoms with Gasteiger partial charge in [0.15, 0.2) is 0 Å². The molecule has 0 radical (unpaired) electrons. The number of carboxylic acid groups (broad SMARTS) is 1. The molecule has 0 aliphatic rings. The molecule has 1 aromatic heterocycles. The Morgan fingerprint density at radius 3 is 2.75 bits per heavy atom. The minimum Gasteiger partial charge on any atom is -0.478 e. The first kappa shape index (κ1) is 14.0. The molecule has 0 saturated carbocycles. The highest BCUT2D eigenvalue weighted by Gasteiger charge is 2.08. The summed E-state index contributed by atoms with van der Waals surface area (Å²) in [7, 11) is 0. The number of aromatic carboxylic acids is 1. The Balaban J connectivity index is 2.04. The molecule has 0 bridgehead atoms. The molecule has 2 aromatic rings. The lowest BCUT2D eigenvalue weighted by molar-refractivity contribution is -0.115. The summed E-state index contributed by atoms with van der Waals surface area (Å²) in [5.74, 6) is -1.16. The molecular formula is C14H11ClN2O3. The molecule has 6 heteroatoms. The second-order valence-corrected chi connectivity index (χ2v) is 4.53. The molecule has 1 aromatic carbocycles. The van der Waals surface area contributed by atoms with Gasteiger partial charge in [-0.15, -0.1) is 0 Å². The lowest BCUT2D eigenvalue weighted by Crippen LogP contribution is -2.15. The fourth-order valence-electron chi connectivity index (χ4n) is 1.65. The van der Waals surface area contributed by atoms with Gasteiger partial charge in [0.25, 0.3) is 0 Å². The largest absolute Gasteiger partial charge is 0.478 e. The van der Waals surface area contributed by atoms with Crippen molar-refractivity contribution in [2.45, 2.75) is 6.42 Å². The van der Waals surface area contributed by atoms with Crippen molar-refractivity contribution in [2.24, 2.45) is 0 Å². The first-order valence-corrected chi connectivity index (χ1v) is 6.16. The summed E-state index contributed by atoms with van der Waals surface area (Å²) in [5.41, 5.74) is 0.836. The van der Waals surface area contributed by atoms with Gasteiger partial charge in [-0.1, -0.05) is 23.7 Å². The molecule has 102 valence electrons. The minimum absolute atomic E-state index is 0.0676. The van der Waals surface area contributed by atoms with Crippen molar-refractivity contribution in [3.05, 3.63) is 58.7 Å². The molecule has 0 fully saturated rings. The zero-order chi connectivity index (χ0) is 14.5. The topological polar surface area (TPSA) is 79.3 Å². The Labute approximate surface area is 120 Å². The van der Waals surface area contributed by atoms with Crippen molar-refractivity contribution in [3.8, 4) is 0 Å². The van der Waals surface area contributed by atoms with Crippen molar-refractivity contribution < 1.29 is 14.7 Å². The Kier molecular flexibility index (Phi) is 4.32. The van der Waals surface area contributed by atoms with E-state index in [0.717, 1.165) is 5.56 Å². The minimum atomic E-state index is -1.07. The van der Waals surface area contributed by atoms with Gasteiger partial charge in [-0.25, -0.2) is 9.78 Å². The van der Waals surface area contributed by atoms with Crippen LogP contribution in [-0.2, 0) is 11.2 Å². The van der Waals surface area contributed by atoms with Crippen molar-refractivity contribution in [1.82, 2.24) is 4.98 Å². The number of carbonyl (C=O) groups is 2. The van der Waals surface area contributed by atoms with E-state index in [2.05, 4.69) is 10.3 Å². The Bertz CT molecular complexity index is 658. The molecule has 0 aliphatic heterocycles. The standard InChI is InChI=1S/C14H11ClN2O3/c15-11-3-1-2-9(6-11)7-13(18)17-12-8-10(14(19)20)4-5-16-12/h1-6,8H,7H2,(H,19,20)(H,16,17,18). The van der Waals surface area contributed by atoms with Crippen LogP contribution in [0.3, 0.4) is 0 Å². The summed E-state index contributed by atoms with van der Waals surface area (Å²) in [6.07, 6.45) is 1.47. The molecular weight excluding hydrogens is 280 g/mol. The predicted octanol–water partition coefficient (Wildman–Crippen LogP) is 2.61. The normalized spacial score (nSPS) is 10.1. The van der Waals surface area contributed by atoms with Crippen LogP contribution in [0, 0.1) is 0 Å². The van der Waals surface area contributed by atoms with Crippen LogP contribution >= 0.6 is 11.6 Å². The van der Waals surface area contributed by atoms with Gasteiger partial charge >= 0.3 is 5.97 Å². The van der Waals surface area contributed by atoms with Crippen LogP contribution in [0.25, 0.3) is 0 Å². The number of hydrogen-bond acceptors (Lipinski definition) is 3. The summed E-state index contributed by atoms with van der Waals surface area (Å²) >= 11 is 5.83. The lowest BCUT2D eigenvalue weighted by atomic mass is 10.1. The van der Waals surface area contributed by atoms with E-state index in [1.165, 1.54) is 18.3 Å². The van der Waals surface area contributed by atoms with Gasteiger partial charge in [0.05, 0.1) is 12.0 Å². The molecule has 0 atom stereocenters. The van der Waals surface area contributed by atoms with Crippen molar-refractivity contribution in [1.29, 1.82) is 0 Å². The van der Waals surface area contributed by atoms with E-state index in [1.54, 1.807) is 24.3 Å². The van der Waals surface area contributed by atoms with Crippen LogP contribution in [0.15, 0.2) is 42.6 Å². The second kappa shape index (κ2) is 6.16. The Morgan fingerprint density at radius 1 is 1.25 bits per heavy atom. The number of carboxylic acids is 1. The lowest BCUT2D eigenvalue weighted by Gasteiger charge is -2.05. The summed E-state index contributed by atoms with van der Waals surface area (Å²) in [6.45, 7) is 0. The molecule has 1 amide bonds. The molecule has 1 heterocycles. The average molecular weight is 291 g/mol. The molecule has 20 heavy (non-hydrogen) atoms. The fraction of sp³-hybridized carbons (Fsp3) is 0.0714. The van der Waals surface area contributed by atoms with E-state index in [1.807, 2.05) is 0 Å². The van der Waals surface area contributed by atoms with Crippen molar-refractivity contribution in [3.63, 3.8) is 0 Å². The number of pyridine rings is 1.